The summed E-state index contributed by atoms with van der Waals surface area (Å²) in [7, 11) is 0. The Morgan fingerprint density at radius 2 is 2.05 bits per heavy atom. The highest BCUT2D eigenvalue weighted by Crippen LogP contribution is 2.21. The van der Waals surface area contributed by atoms with E-state index < -0.39 is 0 Å². The van der Waals surface area contributed by atoms with Crippen LogP contribution in [-0.2, 0) is 0 Å². The number of carbonyl (C=O) groups excluding carboxylic acids is 1. The maximum Gasteiger partial charge on any atom is 0.261 e. The lowest BCUT2D eigenvalue weighted by atomic mass is 10.2. The van der Waals surface area contributed by atoms with Gasteiger partial charge in [0.1, 0.15) is 10.9 Å². The predicted octanol–water partition coefficient (Wildman–Crippen LogP) is 2.10. The van der Waals surface area contributed by atoms with Gasteiger partial charge in [-0.2, -0.15) is 5.10 Å². The Morgan fingerprint density at radius 3 is 2.63 bits per heavy atom. The maximum atomic E-state index is 12.3. The van der Waals surface area contributed by atoms with Crippen molar-refractivity contribution in [3.8, 4) is 0 Å². The molecule has 2 heterocycles. The van der Waals surface area contributed by atoms with Crippen molar-refractivity contribution < 1.29 is 4.79 Å². The number of anilines is 1. The smallest absolute Gasteiger partial charge is 0.261 e. The van der Waals surface area contributed by atoms with Gasteiger partial charge in [0.15, 0.2) is 5.82 Å². The molecule has 0 atom stereocenters. The molecule has 0 saturated heterocycles. The van der Waals surface area contributed by atoms with E-state index in [2.05, 4.69) is 25.5 Å². The Hall–Kier alpha value is -1.89. The SMILES string of the molecule is CSc1nc(C)nc(C)c1C(=O)Nc1cc(C)[nH]n1. The van der Waals surface area contributed by atoms with Crippen LogP contribution in [-0.4, -0.2) is 32.3 Å². The number of H-pyrrole nitrogens is 1. The second-order valence-corrected chi connectivity index (χ2v) is 4.93. The van der Waals surface area contributed by atoms with E-state index in [0.717, 1.165) is 5.69 Å². The van der Waals surface area contributed by atoms with Gasteiger partial charge in [-0.25, -0.2) is 9.97 Å². The zero-order chi connectivity index (χ0) is 14.0. The number of amides is 1. The summed E-state index contributed by atoms with van der Waals surface area (Å²) in [6, 6.07) is 1.76. The van der Waals surface area contributed by atoms with Crippen molar-refractivity contribution in [3.05, 3.63) is 28.8 Å². The summed E-state index contributed by atoms with van der Waals surface area (Å²) in [4.78, 5) is 20.8. The molecule has 0 radical (unpaired) electrons. The van der Waals surface area contributed by atoms with Crippen molar-refractivity contribution in [2.75, 3.05) is 11.6 Å². The lowest BCUT2D eigenvalue weighted by molar-refractivity contribution is 0.102. The fraction of sp³-hybridized carbons (Fsp3) is 0.333. The summed E-state index contributed by atoms with van der Waals surface area (Å²) in [6.07, 6.45) is 1.89. The number of rotatable bonds is 3. The van der Waals surface area contributed by atoms with E-state index in [-0.39, 0.29) is 5.91 Å². The molecule has 6 nitrogen and oxygen atoms in total. The average Bonchev–Trinajstić information content (AvgIpc) is 2.73. The minimum Gasteiger partial charge on any atom is -0.305 e. The van der Waals surface area contributed by atoms with Crippen LogP contribution in [0.5, 0.6) is 0 Å². The molecular formula is C12H15N5OS. The van der Waals surface area contributed by atoms with Crippen LogP contribution in [0.1, 0.15) is 27.6 Å². The van der Waals surface area contributed by atoms with Crippen molar-refractivity contribution in [1.82, 2.24) is 20.2 Å². The molecule has 0 saturated carbocycles. The molecule has 2 N–H and O–H groups in total. The molecule has 1 amide bonds. The Labute approximate surface area is 115 Å². The van der Waals surface area contributed by atoms with Gasteiger partial charge in [-0.05, 0) is 27.0 Å². The summed E-state index contributed by atoms with van der Waals surface area (Å²) < 4.78 is 0. The zero-order valence-corrected chi connectivity index (χ0v) is 12.1. The van der Waals surface area contributed by atoms with Crippen LogP contribution in [0.3, 0.4) is 0 Å². The zero-order valence-electron chi connectivity index (χ0n) is 11.2. The highest BCUT2D eigenvalue weighted by Gasteiger charge is 2.18. The van der Waals surface area contributed by atoms with Gasteiger partial charge in [-0.3, -0.25) is 9.89 Å². The Bertz CT molecular complexity index is 623. The fourth-order valence-corrected chi connectivity index (χ4v) is 2.42. The largest absolute Gasteiger partial charge is 0.305 e. The average molecular weight is 277 g/mol. The lowest BCUT2D eigenvalue weighted by Gasteiger charge is -2.09. The summed E-state index contributed by atoms with van der Waals surface area (Å²) >= 11 is 1.43. The van der Waals surface area contributed by atoms with Crippen LogP contribution in [0.2, 0.25) is 0 Å². The van der Waals surface area contributed by atoms with Crippen LogP contribution in [0.15, 0.2) is 11.1 Å². The summed E-state index contributed by atoms with van der Waals surface area (Å²) in [5.74, 6) is 0.914. The van der Waals surface area contributed by atoms with Crippen LogP contribution >= 0.6 is 11.8 Å². The molecule has 0 aliphatic heterocycles. The van der Waals surface area contributed by atoms with Gasteiger partial charge in [0.2, 0.25) is 0 Å². The highest BCUT2D eigenvalue weighted by atomic mass is 32.2. The first-order chi connectivity index (χ1) is 9.01. The molecule has 0 aliphatic carbocycles. The van der Waals surface area contributed by atoms with Crippen LogP contribution < -0.4 is 5.32 Å². The van der Waals surface area contributed by atoms with Crippen molar-refractivity contribution in [2.24, 2.45) is 0 Å². The number of aryl methyl sites for hydroxylation is 3. The topological polar surface area (TPSA) is 83.6 Å². The minimum atomic E-state index is -0.242. The number of nitrogens with zero attached hydrogens (tertiary/aromatic N) is 3. The Balaban J connectivity index is 2.33. The van der Waals surface area contributed by atoms with Gasteiger partial charge in [0.05, 0.1) is 11.3 Å². The van der Waals surface area contributed by atoms with E-state index in [1.165, 1.54) is 11.8 Å². The van der Waals surface area contributed by atoms with Gasteiger partial charge < -0.3 is 5.32 Å². The number of aromatic nitrogens is 4. The first kappa shape index (κ1) is 13.5. The third-order valence-corrected chi connectivity index (χ3v) is 3.22. The summed E-state index contributed by atoms with van der Waals surface area (Å²) in [6.45, 7) is 5.49. The molecule has 0 aliphatic rings. The molecule has 2 aromatic heterocycles. The predicted molar refractivity (Wildman–Crippen MR) is 74.6 cm³/mol. The normalized spacial score (nSPS) is 10.5. The van der Waals surface area contributed by atoms with Crippen molar-refractivity contribution >= 4 is 23.5 Å². The Morgan fingerprint density at radius 1 is 1.32 bits per heavy atom. The molecule has 0 bridgehead atoms. The second kappa shape index (κ2) is 5.40. The molecule has 0 fully saturated rings. The first-order valence-corrected chi connectivity index (χ1v) is 6.96. The molecule has 2 aromatic rings. The van der Waals surface area contributed by atoms with Gasteiger partial charge in [0.25, 0.3) is 5.91 Å². The van der Waals surface area contributed by atoms with Crippen LogP contribution in [0, 0.1) is 20.8 Å². The van der Waals surface area contributed by atoms with Gasteiger partial charge in [-0.1, -0.05) is 0 Å². The van der Waals surface area contributed by atoms with E-state index in [1.807, 2.05) is 20.1 Å². The standard InChI is InChI=1S/C12H15N5OS/c1-6-5-9(17-16-6)15-11(18)10-7(2)13-8(3)14-12(10)19-4/h5H,1-4H3,(H2,15,16,17,18). The quantitative estimate of drug-likeness (QED) is 0.663. The second-order valence-electron chi connectivity index (χ2n) is 4.13. The molecule has 0 unspecified atom stereocenters. The minimum absolute atomic E-state index is 0.242. The Kier molecular flexibility index (Phi) is 3.84. The van der Waals surface area contributed by atoms with Crippen molar-refractivity contribution in [3.63, 3.8) is 0 Å². The van der Waals surface area contributed by atoms with E-state index in [1.54, 1.807) is 13.0 Å². The first-order valence-electron chi connectivity index (χ1n) is 5.74. The number of aromatic amines is 1. The molecule has 0 aromatic carbocycles. The van der Waals surface area contributed by atoms with Crippen LogP contribution in [0.25, 0.3) is 0 Å². The monoisotopic (exact) mass is 277 g/mol. The van der Waals surface area contributed by atoms with Crippen LogP contribution in [0.4, 0.5) is 5.82 Å². The molecule has 100 valence electrons. The number of hydrogen-bond donors (Lipinski definition) is 2. The van der Waals surface area contributed by atoms with Crippen molar-refractivity contribution in [2.45, 2.75) is 25.8 Å². The highest BCUT2D eigenvalue weighted by molar-refractivity contribution is 7.98. The third kappa shape index (κ3) is 2.93. The fourth-order valence-electron chi connectivity index (χ4n) is 1.75. The van der Waals surface area contributed by atoms with Crippen molar-refractivity contribution in [1.29, 1.82) is 0 Å². The van der Waals surface area contributed by atoms with Gasteiger partial charge in [0, 0.05) is 11.8 Å². The van der Waals surface area contributed by atoms with E-state index in [4.69, 9.17) is 0 Å². The number of hydrogen-bond acceptors (Lipinski definition) is 5. The van der Waals surface area contributed by atoms with Gasteiger partial charge in [-0.15, -0.1) is 11.8 Å². The number of carbonyl (C=O) groups is 1. The van der Waals surface area contributed by atoms with E-state index in [0.29, 0.717) is 27.9 Å². The lowest BCUT2D eigenvalue weighted by Crippen LogP contribution is -2.17. The summed E-state index contributed by atoms with van der Waals surface area (Å²) in [5, 5.41) is 10.2. The number of thioether (sulfide) groups is 1. The molecule has 19 heavy (non-hydrogen) atoms. The number of nitrogens with one attached hydrogen (secondary N) is 2. The van der Waals surface area contributed by atoms with E-state index >= 15 is 0 Å². The molecule has 2 rings (SSSR count). The summed E-state index contributed by atoms with van der Waals surface area (Å²) in [5.41, 5.74) is 2.05. The van der Waals surface area contributed by atoms with E-state index in [9.17, 15) is 4.79 Å². The maximum absolute atomic E-state index is 12.3. The molecular weight excluding hydrogens is 262 g/mol. The third-order valence-electron chi connectivity index (χ3n) is 2.54. The molecule has 0 spiro atoms. The molecule has 7 heteroatoms. The van der Waals surface area contributed by atoms with Gasteiger partial charge >= 0.3 is 0 Å².